The van der Waals surface area contributed by atoms with E-state index in [-0.39, 0.29) is 17.3 Å². The summed E-state index contributed by atoms with van der Waals surface area (Å²) in [5.74, 6) is 0.903. The van der Waals surface area contributed by atoms with Gasteiger partial charge in [-0.15, -0.1) is 0 Å². The molecule has 1 fully saturated rings. The summed E-state index contributed by atoms with van der Waals surface area (Å²) in [5.41, 5.74) is -0.583. The van der Waals surface area contributed by atoms with E-state index >= 15 is 0 Å². The lowest BCUT2D eigenvalue weighted by Crippen LogP contribution is -2.46. The van der Waals surface area contributed by atoms with Crippen LogP contribution in [0.4, 0.5) is 11.5 Å². The molecule has 1 aromatic heterocycles. The van der Waals surface area contributed by atoms with Gasteiger partial charge in [0.15, 0.2) is 0 Å². The van der Waals surface area contributed by atoms with Gasteiger partial charge in [-0.25, -0.2) is 4.98 Å². The lowest BCUT2D eigenvalue weighted by Gasteiger charge is -2.39. The van der Waals surface area contributed by atoms with Gasteiger partial charge in [-0.05, 0) is 18.8 Å². The van der Waals surface area contributed by atoms with Crippen molar-refractivity contribution in [2.45, 2.75) is 38.1 Å². The SMILES string of the molecule is CC1CCCC(CO)(Nc2ncc([N+](=O)[O-])cc2Cl)C1. The molecule has 0 saturated heterocycles. The monoisotopic (exact) mass is 299 g/mol. The van der Waals surface area contributed by atoms with E-state index in [1.165, 1.54) is 12.3 Å². The molecule has 2 atom stereocenters. The van der Waals surface area contributed by atoms with Crippen molar-refractivity contribution in [1.82, 2.24) is 4.98 Å². The highest BCUT2D eigenvalue weighted by atomic mass is 35.5. The fourth-order valence-electron chi connectivity index (χ4n) is 2.83. The first kappa shape index (κ1) is 15.0. The minimum Gasteiger partial charge on any atom is -0.394 e. The number of pyridine rings is 1. The van der Waals surface area contributed by atoms with Crippen LogP contribution >= 0.6 is 11.6 Å². The zero-order valence-electron chi connectivity index (χ0n) is 11.3. The fourth-order valence-corrected chi connectivity index (χ4v) is 3.04. The first-order chi connectivity index (χ1) is 9.46. The van der Waals surface area contributed by atoms with Gasteiger partial charge in [-0.3, -0.25) is 10.1 Å². The molecule has 2 N–H and O–H groups in total. The summed E-state index contributed by atoms with van der Waals surface area (Å²) in [7, 11) is 0. The van der Waals surface area contributed by atoms with Crippen molar-refractivity contribution < 1.29 is 10.0 Å². The molecule has 0 bridgehead atoms. The second kappa shape index (κ2) is 5.93. The van der Waals surface area contributed by atoms with E-state index in [9.17, 15) is 15.2 Å². The molecule has 1 aromatic rings. The first-order valence-electron chi connectivity index (χ1n) is 6.65. The topological polar surface area (TPSA) is 88.3 Å². The van der Waals surface area contributed by atoms with Crippen molar-refractivity contribution in [3.8, 4) is 0 Å². The Morgan fingerprint density at radius 3 is 3.00 bits per heavy atom. The molecule has 0 aromatic carbocycles. The molecule has 1 heterocycles. The molecule has 2 rings (SSSR count). The highest BCUT2D eigenvalue weighted by Gasteiger charge is 2.35. The average molecular weight is 300 g/mol. The van der Waals surface area contributed by atoms with Crippen LogP contribution in [0.25, 0.3) is 0 Å². The zero-order valence-corrected chi connectivity index (χ0v) is 12.1. The van der Waals surface area contributed by atoms with Crippen molar-refractivity contribution in [2.24, 2.45) is 5.92 Å². The maximum Gasteiger partial charge on any atom is 0.289 e. The molecule has 20 heavy (non-hydrogen) atoms. The average Bonchev–Trinajstić information content (AvgIpc) is 2.41. The van der Waals surface area contributed by atoms with Crippen LogP contribution in [0.3, 0.4) is 0 Å². The van der Waals surface area contributed by atoms with Gasteiger partial charge in [0.2, 0.25) is 0 Å². The van der Waals surface area contributed by atoms with Crippen molar-refractivity contribution in [3.05, 3.63) is 27.4 Å². The summed E-state index contributed by atoms with van der Waals surface area (Å²) in [4.78, 5) is 14.1. The largest absolute Gasteiger partial charge is 0.394 e. The molecule has 110 valence electrons. The van der Waals surface area contributed by atoms with Crippen molar-refractivity contribution in [1.29, 1.82) is 0 Å². The predicted octanol–water partition coefficient (Wildman–Crippen LogP) is 3.00. The number of halogens is 1. The van der Waals surface area contributed by atoms with Gasteiger partial charge < -0.3 is 10.4 Å². The van der Waals surface area contributed by atoms with E-state index in [1.54, 1.807) is 0 Å². The van der Waals surface area contributed by atoms with E-state index in [0.29, 0.717) is 11.7 Å². The van der Waals surface area contributed by atoms with E-state index in [2.05, 4.69) is 17.2 Å². The molecular weight excluding hydrogens is 282 g/mol. The quantitative estimate of drug-likeness (QED) is 0.659. The minimum atomic E-state index is -0.535. The molecule has 7 heteroatoms. The van der Waals surface area contributed by atoms with Gasteiger partial charge >= 0.3 is 0 Å². The predicted molar refractivity (Wildman–Crippen MR) is 77.0 cm³/mol. The smallest absolute Gasteiger partial charge is 0.289 e. The molecule has 0 aliphatic heterocycles. The van der Waals surface area contributed by atoms with Gasteiger partial charge in [0.25, 0.3) is 5.69 Å². The third kappa shape index (κ3) is 3.19. The summed E-state index contributed by atoms with van der Waals surface area (Å²) in [6.45, 7) is 2.14. The number of nitrogens with one attached hydrogen (secondary N) is 1. The van der Waals surface area contributed by atoms with E-state index in [1.807, 2.05) is 0 Å². The second-order valence-corrected chi connectivity index (χ2v) is 5.95. The summed E-state index contributed by atoms with van der Waals surface area (Å²) in [6, 6.07) is 1.27. The van der Waals surface area contributed by atoms with Crippen LogP contribution in [0, 0.1) is 16.0 Å². The lowest BCUT2D eigenvalue weighted by atomic mass is 9.77. The summed E-state index contributed by atoms with van der Waals surface area (Å²) < 4.78 is 0. The molecule has 1 aliphatic carbocycles. The van der Waals surface area contributed by atoms with Gasteiger partial charge in [-0.2, -0.15) is 0 Å². The Kier molecular flexibility index (Phi) is 4.45. The van der Waals surface area contributed by atoms with Gasteiger partial charge in [-0.1, -0.05) is 31.4 Å². The normalized spacial score (nSPS) is 26.2. The molecule has 0 spiro atoms. The number of rotatable bonds is 4. The second-order valence-electron chi connectivity index (χ2n) is 5.55. The molecule has 6 nitrogen and oxygen atoms in total. The highest BCUT2D eigenvalue weighted by molar-refractivity contribution is 6.33. The van der Waals surface area contributed by atoms with Crippen LogP contribution in [0.2, 0.25) is 5.02 Å². The van der Waals surface area contributed by atoms with Gasteiger partial charge in [0.1, 0.15) is 12.0 Å². The summed E-state index contributed by atoms with van der Waals surface area (Å²) in [6.07, 6.45) is 5.01. The van der Waals surface area contributed by atoms with E-state index < -0.39 is 10.5 Å². The Hall–Kier alpha value is -1.40. The molecular formula is C13H18ClN3O3. The first-order valence-corrected chi connectivity index (χ1v) is 7.02. The van der Waals surface area contributed by atoms with Crippen molar-refractivity contribution in [3.63, 3.8) is 0 Å². The van der Waals surface area contributed by atoms with E-state index in [0.717, 1.165) is 25.7 Å². The maximum absolute atomic E-state index is 10.7. The number of nitrogens with zero attached hydrogens (tertiary/aromatic N) is 2. The van der Waals surface area contributed by atoms with Gasteiger partial charge in [0, 0.05) is 6.07 Å². The molecule has 2 unspecified atom stereocenters. The molecule has 1 aliphatic rings. The van der Waals surface area contributed by atoms with Crippen molar-refractivity contribution in [2.75, 3.05) is 11.9 Å². The summed E-state index contributed by atoms with van der Waals surface area (Å²) in [5, 5.41) is 23.8. The number of aliphatic hydroxyl groups excluding tert-OH is 1. The Morgan fingerprint density at radius 1 is 1.70 bits per heavy atom. The number of hydrogen-bond donors (Lipinski definition) is 2. The van der Waals surface area contributed by atoms with Crippen LogP contribution in [0.5, 0.6) is 0 Å². The number of hydrogen-bond acceptors (Lipinski definition) is 5. The lowest BCUT2D eigenvalue weighted by molar-refractivity contribution is -0.385. The van der Waals surface area contributed by atoms with Crippen LogP contribution in [0.15, 0.2) is 12.3 Å². The Bertz CT molecular complexity index is 512. The third-order valence-electron chi connectivity index (χ3n) is 3.82. The number of aromatic nitrogens is 1. The minimum absolute atomic E-state index is 0.00760. The Morgan fingerprint density at radius 2 is 2.45 bits per heavy atom. The molecule has 0 amide bonds. The van der Waals surface area contributed by atoms with Crippen molar-refractivity contribution >= 4 is 23.1 Å². The fraction of sp³-hybridized carbons (Fsp3) is 0.615. The van der Waals surface area contributed by atoms with Crippen LogP contribution in [-0.4, -0.2) is 27.2 Å². The molecule has 0 radical (unpaired) electrons. The van der Waals surface area contributed by atoms with Gasteiger partial charge in [0.05, 0.1) is 22.1 Å². The van der Waals surface area contributed by atoms with E-state index in [4.69, 9.17) is 11.6 Å². The maximum atomic E-state index is 10.7. The van der Waals surface area contributed by atoms with Crippen LogP contribution < -0.4 is 5.32 Å². The molecule has 1 saturated carbocycles. The Balaban J connectivity index is 2.21. The number of nitro groups is 1. The standard InChI is InChI=1S/C13H18ClN3O3/c1-9-3-2-4-13(6-9,8-18)16-12-11(14)5-10(7-15-12)17(19)20/h5,7,9,18H,2-4,6,8H2,1H3,(H,15,16). The Labute approximate surface area is 122 Å². The highest BCUT2D eigenvalue weighted by Crippen LogP contribution is 2.36. The van der Waals surface area contributed by atoms with Crippen LogP contribution in [0.1, 0.15) is 32.6 Å². The van der Waals surface area contributed by atoms with Crippen LogP contribution in [-0.2, 0) is 0 Å². The third-order valence-corrected chi connectivity index (χ3v) is 4.10. The number of anilines is 1. The number of aliphatic hydroxyl groups is 1. The zero-order chi connectivity index (χ0) is 14.8. The summed E-state index contributed by atoms with van der Waals surface area (Å²) >= 11 is 6.04.